The van der Waals surface area contributed by atoms with Gasteiger partial charge in [0.25, 0.3) is 0 Å². The Morgan fingerprint density at radius 1 is 0.457 bits per heavy atom. The number of hydrogen-bond donors (Lipinski definition) is 0. The third kappa shape index (κ3) is 5.16. The van der Waals surface area contributed by atoms with Crippen molar-refractivity contribution in [3.05, 3.63) is 252 Å². The fourth-order valence-electron chi connectivity index (χ4n) is 12.8. The van der Waals surface area contributed by atoms with Crippen molar-refractivity contribution in [2.24, 2.45) is 0 Å². The maximum absolute atomic E-state index is 5.78. The molecule has 70 heavy (non-hydrogen) atoms. The number of para-hydroxylation sites is 2. The topological polar surface area (TPSA) is 43.6 Å². The van der Waals surface area contributed by atoms with Crippen LogP contribution in [0.2, 0.25) is 0 Å². The average Bonchev–Trinajstić information content (AvgIpc) is 4.13. The van der Waals surface area contributed by atoms with Gasteiger partial charge in [0, 0.05) is 33.5 Å². The van der Waals surface area contributed by atoms with Gasteiger partial charge in [0.15, 0.2) is 17.2 Å². The van der Waals surface area contributed by atoms with E-state index < -0.39 is 5.41 Å². The molecule has 9 aromatic carbocycles. The average molecular weight is 895 g/mol. The lowest BCUT2D eigenvalue weighted by Crippen LogP contribution is -2.35. The van der Waals surface area contributed by atoms with Crippen LogP contribution in [0.4, 0.5) is 17.3 Å². The lowest BCUT2D eigenvalue weighted by molar-refractivity contribution is 0.597. The van der Waals surface area contributed by atoms with Crippen LogP contribution in [-0.4, -0.2) is 26.6 Å². The van der Waals surface area contributed by atoms with Crippen LogP contribution < -0.4 is 4.48 Å². The number of rotatable bonds is 5. The SMILES string of the molecule is C[N+]1(c2nc(-c3ccc(C4=CCCC=C4)cc3)nc(-n3c4ccccc4c4c(-c5ccccc5)cccc43)n2)c2ccccc2-c2ccc3c(c21)-c1ccccc1C31c2ccccc2-c2ccccc21. The molecule has 0 saturated heterocycles. The van der Waals surface area contributed by atoms with Crippen LogP contribution in [0.1, 0.15) is 40.7 Å². The first-order chi connectivity index (χ1) is 34.6. The van der Waals surface area contributed by atoms with Crippen LogP contribution in [0.3, 0.4) is 0 Å². The van der Waals surface area contributed by atoms with Crippen molar-refractivity contribution < 1.29 is 0 Å². The monoisotopic (exact) mass is 894 g/mol. The Balaban J connectivity index is 1.04. The van der Waals surface area contributed by atoms with E-state index in [0.717, 1.165) is 40.5 Å². The second-order valence-corrected chi connectivity index (χ2v) is 19.2. The molecule has 3 heterocycles. The largest absolute Gasteiger partial charge is 0.344 e. The van der Waals surface area contributed by atoms with Gasteiger partial charge in [-0.05, 0) is 98.3 Å². The molecule has 2 aromatic heterocycles. The molecule has 1 unspecified atom stereocenters. The highest BCUT2D eigenvalue weighted by atomic mass is 15.5. The molecule has 1 aliphatic heterocycles. The van der Waals surface area contributed by atoms with E-state index in [1.54, 1.807) is 0 Å². The lowest BCUT2D eigenvalue weighted by Gasteiger charge is -2.32. The molecule has 5 nitrogen and oxygen atoms in total. The molecule has 15 rings (SSSR count). The van der Waals surface area contributed by atoms with E-state index >= 15 is 0 Å². The first kappa shape index (κ1) is 39.2. The highest BCUT2D eigenvalue weighted by Gasteiger charge is 2.56. The van der Waals surface area contributed by atoms with Gasteiger partial charge in [0.1, 0.15) is 0 Å². The zero-order valence-corrected chi connectivity index (χ0v) is 38.5. The van der Waals surface area contributed by atoms with Crippen LogP contribution in [0.5, 0.6) is 0 Å². The summed E-state index contributed by atoms with van der Waals surface area (Å²) >= 11 is 0. The second kappa shape index (κ2) is 14.6. The summed E-state index contributed by atoms with van der Waals surface area (Å²) in [4.78, 5) is 17.0. The number of quaternary nitrogens is 1. The third-order valence-corrected chi connectivity index (χ3v) is 15.7. The van der Waals surface area contributed by atoms with Crippen LogP contribution >= 0.6 is 0 Å². The normalized spacial score (nSPS) is 16.4. The Hall–Kier alpha value is -8.77. The summed E-state index contributed by atoms with van der Waals surface area (Å²) in [6.45, 7) is 0. The minimum Gasteiger partial charge on any atom is -0.278 e. The summed E-state index contributed by atoms with van der Waals surface area (Å²) < 4.78 is 2.51. The molecule has 1 spiro atoms. The number of hydrogen-bond acceptors (Lipinski definition) is 3. The van der Waals surface area contributed by atoms with Crippen LogP contribution in [0, 0.1) is 0 Å². The zero-order valence-electron chi connectivity index (χ0n) is 38.5. The predicted octanol–water partition coefficient (Wildman–Crippen LogP) is 16.0. The fourth-order valence-corrected chi connectivity index (χ4v) is 12.8. The molecule has 328 valence electrons. The van der Waals surface area contributed by atoms with Crippen molar-refractivity contribution in [1.82, 2.24) is 24.0 Å². The molecule has 11 aromatic rings. The molecule has 0 bridgehead atoms. The van der Waals surface area contributed by atoms with Gasteiger partial charge < -0.3 is 0 Å². The summed E-state index contributed by atoms with van der Waals surface area (Å²) in [6, 6.07) is 75.6. The first-order valence-electron chi connectivity index (χ1n) is 24.4. The fraction of sp³-hybridized carbons (Fsp3) is 0.0615. The van der Waals surface area contributed by atoms with Crippen LogP contribution in [-0.2, 0) is 5.41 Å². The molecule has 0 N–H and O–H groups in total. The summed E-state index contributed by atoms with van der Waals surface area (Å²) in [7, 11) is 2.31. The molecule has 0 radical (unpaired) electrons. The number of fused-ring (bicyclic) bond motifs is 17. The van der Waals surface area contributed by atoms with Gasteiger partial charge in [-0.2, -0.15) is 14.5 Å². The first-order valence-corrected chi connectivity index (χ1v) is 24.4. The van der Waals surface area contributed by atoms with Gasteiger partial charge in [-0.3, -0.25) is 4.57 Å². The number of aromatic nitrogens is 4. The minimum atomic E-state index is -0.507. The standard InChI is InChI=1S/C65H44N5/c1-70(58-34-17-12-25-48(58)49-39-40-55-60(61(49)70)50-26-10-15-31-54(50)65(55)52-29-13-8-23-46(52)47-24-9-14-30-53(47)65)64-67-62(44-37-35-42(36-38-44)41-19-4-2-5-20-41)66-63(68-64)69-56-32-16-11-27-51(56)59-45(28-18-33-57(59)69)43-21-6-3-7-22-43/h3-4,6-40H,2,5H2,1H3/q+1. The zero-order chi connectivity index (χ0) is 46.1. The molecule has 5 heteroatoms. The molecule has 1 atom stereocenters. The van der Waals surface area contributed by atoms with E-state index in [1.165, 1.54) is 89.0 Å². The van der Waals surface area contributed by atoms with E-state index in [2.05, 4.69) is 236 Å². The van der Waals surface area contributed by atoms with Crippen molar-refractivity contribution in [1.29, 1.82) is 0 Å². The maximum Gasteiger partial charge on any atom is 0.344 e. The van der Waals surface area contributed by atoms with E-state index in [9.17, 15) is 0 Å². The summed E-state index contributed by atoms with van der Waals surface area (Å²) in [6.07, 6.45) is 8.96. The molecule has 4 aliphatic rings. The molecule has 0 fully saturated rings. The highest BCUT2D eigenvalue weighted by molar-refractivity contribution is 6.16. The van der Waals surface area contributed by atoms with E-state index in [1.807, 2.05) is 0 Å². The third-order valence-electron chi connectivity index (χ3n) is 15.7. The number of benzene rings is 9. The Morgan fingerprint density at radius 2 is 1.09 bits per heavy atom. The van der Waals surface area contributed by atoms with Crippen molar-refractivity contribution in [2.45, 2.75) is 18.3 Å². The second-order valence-electron chi connectivity index (χ2n) is 19.2. The Labute approximate surface area is 406 Å². The van der Waals surface area contributed by atoms with Crippen molar-refractivity contribution in [3.63, 3.8) is 0 Å². The highest BCUT2D eigenvalue weighted by Crippen LogP contribution is 2.68. The maximum atomic E-state index is 5.78. The number of allylic oxidation sites excluding steroid dienone is 4. The Morgan fingerprint density at radius 3 is 1.84 bits per heavy atom. The molecular weight excluding hydrogens is 851 g/mol. The molecule has 0 saturated carbocycles. The van der Waals surface area contributed by atoms with Gasteiger partial charge in [-0.25, -0.2) is 0 Å². The van der Waals surface area contributed by atoms with Gasteiger partial charge in [-0.1, -0.05) is 194 Å². The lowest BCUT2D eigenvalue weighted by atomic mass is 9.70. The van der Waals surface area contributed by atoms with E-state index in [4.69, 9.17) is 15.0 Å². The number of nitrogens with zero attached hydrogens (tertiary/aromatic N) is 5. The summed E-state index contributed by atoms with van der Waals surface area (Å²) in [5.74, 6) is 1.85. The van der Waals surface area contributed by atoms with Crippen molar-refractivity contribution in [2.75, 3.05) is 7.05 Å². The van der Waals surface area contributed by atoms with Crippen molar-refractivity contribution >= 4 is 44.7 Å². The van der Waals surface area contributed by atoms with E-state index in [0.29, 0.717) is 17.7 Å². The summed E-state index contributed by atoms with van der Waals surface area (Å²) in [5.41, 5.74) is 22.2. The minimum absolute atomic E-state index is 0.243. The smallest absolute Gasteiger partial charge is 0.278 e. The van der Waals surface area contributed by atoms with Gasteiger partial charge in [0.2, 0.25) is 5.95 Å². The van der Waals surface area contributed by atoms with Crippen LogP contribution in [0.15, 0.2) is 224 Å². The quantitative estimate of drug-likeness (QED) is 0.162. The van der Waals surface area contributed by atoms with Gasteiger partial charge in [-0.15, -0.1) is 4.98 Å². The van der Waals surface area contributed by atoms with Crippen molar-refractivity contribution in [3.8, 4) is 61.8 Å². The van der Waals surface area contributed by atoms with Gasteiger partial charge >= 0.3 is 5.95 Å². The van der Waals surface area contributed by atoms with Crippen LogP contribution in [0.25, 0.3) is 89.2 Å². The summed E-state index contributed by atoms with van der Waals surface area (Å²) in [5, 5.41) is 2.31. The molecule has 3 aliphatic carbocycles. The molecular formula is C65H44N5+. The van der Waals surface area contributed by atoms with E-state index in [-0.39, 0.29) is 4.48 Å². The Bertz CT molecular complexity index is 4040. The van der Waals surface area contributed by atoms with Gasteiger partial charge in [0.05, 0.1) is 29.1 Å². The molecule has 0 amide bonds. The predicted molar refractivity (Wildman–Crippen MR) is 287 cm³/mol. The Kier molecular flexibility index (Phi) is 8.20.